The summed E-state index contributed by atoms with van der Waals surface area (Å²) in [6.07, 6.45) is 9.25. The Kier molecular flexibility index (Phi) is 11.0. The van der Waals surface area contributed by atoms with Crippen molar-refractivity contribution in [3.63, 3.8) is 0 Å². The molecule has 0 aliphatic carbocycles. The van der Waals surface area contributed by atoms with Gasteiger partial charge >= 0.3 is 5.97 Å². The number of esters is 1. The van der Waals surface area contributed by atoms with Crippen molar-refractivity contribution in [1.82, 2.24) is 0 Å². The zero-order valence-electron chi connectivity index (χ0n) is 18.5. The van der Waals surface area contributed by atoms with E-state index in [9.17, 15) is 4.79 Å². The molecule has 0 aliphatic rings. The van der Waals surface area contributed by atoms with Crippen molar-refractivity contribution in [3.05, 3.63) is 78.4 Å². The molecule has 0 radical (unpaired) electrons. The number of ether oxygens (including phenoxy) is 2. The van der Waals surface area contributed by atoms with Crippen LogP contribution in [0.15, 0.2) is 67.3 Å². The fraction of sp³-hybridized carbons (Fsp3) is 0.407. The van der Waals surface area contributed by atoms with Crippen LogP contribution in [0.3, 0.4) is 0 Å². The lowest BCUT2D eigenvalue weighted by Gasteiger charge is -2.23. The molecule has 2 atom stereocenters. The van der Waals surface area contributed by atoms with Crippen molar-refractivity contribution in [1.29, 1.82) is 5.26 Å². The molecule has 2 aromatic carbocycles. The lowest BCUT2D eigenvalue weighted by atomic mass is 9.98. The topological polar surface area (TPSA) is 59.3 Å². The lowest BCUT2D eigenvalue weighted by molar-refractivity contribution is -0.144. The van der Waals surface area contributed by atoms with Crippen molar-refractivity contribution < 1.29 is 14.3 Å². The van der Waals surface area contributed by atoms with Gasteiger partial charge < -0.3 is 9.47 Å². The third-order valence-corrected chi connectivity index (χ3v) is 5.26. The maximum atomic E-state index is 11.9. The minimum atomic E-state index is -0.450. The molecule has 0 aliphatic heterocycles. The average molecular weight is 420 g/mol. The summed E-state index contributed by atoms with van der Waals surface area (Å²) in [5, 5.41) is 9.04. The maximum Gasteiger partial charge on any atom is 0.330 e. The third-order valence-electron chi connectivity index (χ3n) is 5.26. The SMILES string of the molecule is C=CC(=O)OC(CCC(CCCCCCC)Oc1ccccc1)c1ccc(C#N)cc1. The molecule has 2 rings (SSSR count). The Bertz CT molecular complexity index is 824. The van der Waals surface area contributed by atoms with Crippen molar-refractivity contribution in [2.24, 2.45) is 0 Å². The number of carbonyl (C=O) groups excluding carboxylic acids is 1. The molecule has 0 amide bonds. The van der Waals surface area contributed by atoms with Crippen LogP contribution in [-0.4, -0.2) is 12.1 Å². The van der Waals surface area contributed by atoms with Crippen LogP contribution in [0.4, 0.5) is 0 Å². The number of hydrogen-bond donors (Lipinski definition) is 0. The van der Waals surface area contributed by atoms with Gasteiger partial charge in [0.25, 0.3) is 0 Å². The highest BCUT2D eigenvalue weighted by Crippen LogP contribution is 2.27. The van der Waals surface area contributed by atoms with E-state index in [2.05, 4.69) is 19.6 Å². The maximum absolute atomic E-state index is 11.9. The number of para-hydroxylation sites is 1. The van der Waals surface area contributed by atoms with Gasteiger partial charge in [0, 0.05) is 6.08 Å². The number of carbonyl (C=O) groups is 1. The quantitative estimate of drug-likeness (QED) is 0.189. The summed E-state index contributed by atoms with van der Waals surface area (Å²) in [6.45, 7) is 5.73. The summed E-state index contributed by atoms with van der Waals surface area (Å²) >= 11 is 0. The molecule has 0 aromatic heterocycles. The fourth-order valence-electron chi connectivity index (χ4n) is 3.52. The van der Waals surface area contributed by atoms with E-state index in [0.29, 0.717) is 12.0 Å². The molecule has 0 spiro atoms. The van der Waals surface area contributed by atoms with Crippen molar-refractivity contribution >= 4 is 5.97 Å². The van der Waals surface area contributed by atoms with Gasteiger partial charge in [-0.15, -0.1) is 0 Å². The number of unbranched alkanes of at least 4 members (excludes halogenated alkanes) is 4. The van der Waals surface area contributed by atoms with Crippen LogP contribution in [0, 0.1) is 11.3 Å². The van der Waals surface area contributed by atoms with E-state index in [0.717, 1.165) is 30.6 Å². The molecule has 31 heavy (non-hydrogen) atoms. The van der Waals surface area contributed by atoms with Gasteiger partial charge in [0.05, 0.1) is 17.7 Å². The zero-order valence-corrected chi connectivity index (χ0v) is 18.5. The molecule has 4 nitrogen and oxygen atoms in total. The van der Waals surface area contributed by atoms with Gasteiger partial charge in [-0.3, -0.25) is 0 Å². The standard InChI is InChI=1S/C27H33NO3/c1-3-5-6-7-9-14-25(30-24-12-10-8-11-13-24)19-20-26(31-27(29)4-2)23-17-15-22(21-28)16-18-23/h4,8,10-13,15-18,25-26H,2-3,5-7,9,14,19-20H2,1H3. The third kappa shape index (κ3) is 9.09. The first-order chi connectivity index (χ1) is 15.2. The minimum absolute atomic E-state index is 0.0485. The predicted octanol–water partition coefficient (Wildman–Crippen LogP) is 6.92. The van der Waals surface area contributed by atoms with Crippen LogP contribution in [0.25, 0.3) is 0 Å². The molecule has 0 N–H and O–H groups in total. The highest BCUT2D eigenvalue weighted by Gasteiger charge is 2.19. The highest BCUT2D eigenvalue weighted by molar-refractivity contribution is 5.81. The number of rotatable bonds is 14. The minimum Gasteiger partial charge on any atom is -0.490 e. The van der Waals surface area contributed by atoms with E-state index < -0.39 is 12.1 Å². The number of nitrogens with zero attached hydrogens (tertiary/aromatic N) is 1. The van der Waals surface area contributed by atoms with Crippen molar-refractivity contribution in [2.45, 2.75) is 70.5 Å². The Labute approximate surface area is 186 Å². The van der Waals surface area contributed by atoms with Gasteiger partial charge in [0.15, 0.2) is 0 Å². The van der Waals surface area contributed by atoms with E-state index in [4.69, 9.17) is 14.7 Å². The molecule has 0 bridgehead atoms. The second-order valence-corrected chi connectivity index (χ2v) is 7.70. The first kappa shape index (κ1) is 24.2. The molecular weight excluding hydrogens is 386 g/mol. The van der Waals surface area contributed by atoms with Crippen LogP contribution in [0.5, 0.6) is 5.75 Å². The first-order valence-corrected chi connectivity index (χ1v) is 11.2. The lowest BCUT2D eigenvalue weighted by Crippen LogP contribution is -2.19. The number of benzene rings is 2. The van der Waals surface area contributed by atoms with E-state index in [-0.39, 0.29) is 6.10 Å². The van der Waals surface area contributed by atoms with Crippen molar-refractivity contribution in [2.75, 3.05) is 0 Å². The summed E-state index contributed by atoms with van der Waals surface area (Å²) in [5.41, 5.74) is 1.45. The van der Waals surface area contributed by atoms with E-state index >= 15 is 0 Å². The molecule has 164 valence electrons. The fourth-order valence-corrected chi connectivity index (χ4v) is 3.52. The molecule has 0 saturated carbocycles. The summed E-state index contributed by atoms with van der Waals surface area (Å²) in [5.74, 6) is 0.411. The summed E-state index contributed by atoms with van der Waals surface area (Å²) in [7, 11) is 0. The van der Waals surface area contributed by atoms with Crippen LogP contribution in [0.2, 0.25) is 0 Å². The van der Waals surface area contributed by atoms with Gasteiger partial charge in [-0.25, -0.2) is 4.79 Å². The number of nitriles is 1. The predicted molar refractivity (Wildman–Crippen MR) is 124 cm³/mol. The van der Waals surface area contributed by atoms with E-state index in [1.165, 1.54) is 31.8 Å². The second kappa shape index (κ2) is 14.0. The largest absolute Gasteiger partial charge is 0.490 e. The molecule has 2 unspecified atom stereocenters. The van der Waals surface area contributed by atoms with Gasteiger partial charge in [-0.2, -0.15) is 5.26 Å². The van der Waals surface area contributed by atoms with Gasteiger partial charge in [-0.05, 0) is 55.5 Å². The van der Waals surface area contributed by atoms with E-state index in [1.54, 1.807) is 12.1 Å². The average Bonchev–Trinajstić information content (AvgIpc) is 2.81. The van der Waals surface area contributed by atoms with E-state index in [1.807, 2.05) is 42.5 Å². The zero-order chi connectivity index (χ0) is 22.3. The molecule has 0 fully saturated rings. The molecule has 0 saturated heterocycles. The monoisotopic (exact) mass is 419 g/mol. The normalized spacial score (nSPS) is 12.4. The van der Waals surface area contributed by atoms with Crippen LogP contribution >= 0.6 is 0 Å². The Morgan fingerprint density at radius 2 is 1.71 bits per heavy atom. The van der Waals surface area contributed by atoms with Crippen molar-refractivity contribution in [3.8, 4) is 11.8 Å². The molecule has 4 heteroatoms. The van der Waals surface area contributed by atoms with Gasteiger partial charge in [-0.1, -0.05) is 69.5 Å². The Balaban J connectivity index is 2.05. The van der Waals surface area contributed by atoms with Gasteiger partial charge in [0.2, 0.25) is 0 Å². The Morgan fingerprint density at radius 3 is 2.35 bits per heavy atom. The molecule has 0 heterocycles. The smallest absolute Gasteiger partial charge is 0.330 e. The van der Waals surface area contributed by atoms with Gasteiger partial charge in [0.1, 0.15) is 11.9 Å². The Hall–Kier alpha value is -3.06. The summed E-state index contributed by atoms with van der Waals surface area (Å²) in [4.78, 5) is 11.9. The highest BCUT2D eigenvalue weighted by atomic mass is 16.5. The second-order valence-electron chi connectivity index (χ2n) is 7.70. The van der Waals surface area contributed by atoms with Crippen LogP contribution in [-0.2, 0) is 9.53 Å². The number of hydrogen-bond acceptors (Lipinski definition) is 4. The van der Waals surface area contributed by atoms with Crippen LogP contribution < -0.4 is 4.74 Å². The first-order valence-electron chi connectivity index (χ1n) is 11.2. The summed E-state index contributed by atoms with van der Waals surface area (Å²) in [6, 6.07) is 19.2. The Morgan fingerprint density at radius 1 is 1.00 bits per heavy atom. The molecule has 2 aromatic rings. The molecular formula is C27H33NO3. The summed E-state index contributed by atoms with van der Waals surface area (Å²) < 4.78 is 11.9. The van der Waals surface area contributed by atoms with Crippen LogP contribution in [0.1, 0.15) is 75.5 Å².